The molecule has 2 N–H and O–H groups in total. The van der Waals surface area contributed by atoms with Gasteiger partial charge in [-0.05, 0) is 52.5 Å². The Morgan fingerprint density at radius 1 is 1.32 bits per heavy atom. The second-order valence-corrected chi connectivity index (χ2v) is 5.29. The molecule has 0 aliphatic heterocycles. The van der Waals surface area contributed by atoms with E-state index in [9.17, 15) is 0 Å². The lowest BCUT2D eigenvalue weighted by atomic mass is 10.1. The number of benzene rings is 1. The second kappa shape index (κ2) is 6.68. The van der Waals surface area contributed by atoms with Crippen LogP contribution in [0.5, 0.6) is 11.5 Å². The first-order valence-electron chi connectivity index (χ1n) is 6.31. The van der Waals surface area contributed by atoms with Crippen molar-refractivity contribution in [3.05, 3.63) is 52.8 Å². The van der Waals surface area contributed by atoms with Gasteiger partial charge in [-0.2, -0.15) is 0 Å². The molecule has 0 fully saturated rings. The van der Waals surface area contributed by atoms with Gasteiger partial charge in [-0.1, -0.05) is 19.1 Å². The molecule has 4 heteroatoms. The minimum atomic E-state index is 0.167. The van der Waals surface area contributed by atoms with Crippen LogP contribution in [-0.2, 0) is 6.42 Å². The van der Waals surface area contributed by atoms with Crippen molar-refractivity contribution >= 4 is 15.9 Å². The number of rotatable bonds is 5. The summed E-state index contributed by atoms with van der Waals surface area (Å²) < 4.78 is 6.74. The highest BCUT2D eigenvalue weighted by molar-refractivity contribution is 9.10. The standard InChI is InChI=1S/C15H17BrN2O/c1-2-12(17)7-11-8-13(10-18-9-11)19-15-6-4-3-5-14(15)16/h3-6,8-10,12H,2,7,17H2,1H3. The Morgan fingerprint density at radius 2 is 2.11 bits per heavy atom. The van der Waals surface area contributed by atoms with E-state index in [1.54, 1.807) is 6.20 Å². The largest absolute Gasteiger partial charge is 0.455 e. The molecule has 0 bridgehead atoms. The second-order valence-electron chi connectivity index (χ2n) is 4.43. The normalized spacial score (nSPS) is 12.2. The summed E-state index contributed by atoms with van der Waals surface area (Å²) in [5.41, 5.74) is 7.05. The maximum atomic E-state index is 5.96. The van der Waals surface area contributed by atoms with Gasteiger partial charge in [0, 0.05) is 12.2 Å². The predicted molar refractivity (Wildman–Crippen MR) is 80.4 cm³/mol. The summed E-state index contributed by atoms with van der Waals surface area (Å²) in [6.07, 6.45) is 5.31. The summed E-state index contributed by atoms with van der Waals surface area (Å²) in [6, 6.07) is 9.90. The molecule has 1 aromatic carbocycles. The van der Waals surface area contributed by atoms with Gasteiger partial charge in [0.15, 0.2) is 0 Å². The maximum absolute atomic E-state index is 5.96. The smallest absolute Gasteiger partial charge is 0.146 e. The van der Waals surface area contributed by atoms with Crippen LogP contribution in [-0.4, -0.2) is 11.0 Å². The Labute approximate surface area is 121 Å². The van der Waals surface area contributed by atoms with Crippen LogP contribution in [0.4, 0.5) is 0 Å². The van der Waals surface area contributed by atoms with Crippen molar-refractivity contribution < 1.29 is 4.74 Å². The van der Waals surface area contributed by atoms with E-state index >= 15 is 0 Å². The SMILES string of the molecule is CCC(N)Cc1cncc(Oc2ccccc2Br)c1. The Hall–Kier alpha value is -1.39. The van der Waals surface area contributed by atoms with Crippen molar-refractivity contribution in [1.29, 1.82) is 0 Å². The Morgan fingerprint density at radius 3 is 2.84 bits per heavy atom. The lowest BCUT2D eigenvalue weighted by Gasteiger charge is -2.11. The molecule has 0 saturated heterocycles. The molecule has 0 saturated carbocycles. The molecular weight excluding hydrogens is 304 g/mol. The monoisotopic (exact) mass is 320 g/mol. The van der Waals surface area contributed by atoms with Gasteiger partial charge < -0.3 is 10.5 Å². The van der Waals surface area contributed by atoms with Crippen LogP contribution in [0.1, 0.15) is 18.9 Å². The van der Waals surface area contributed by atoms with Crippen molar-refractivity contribution in [1.82, 2.24) is 4.98 Å². The molecule has 3 nitrogen and oxygen atoms in total. The number of halogens is 1. The number of nitrogens with zero attached hydrogens (tertiary/aromatic N) is 1. The first-order valence-corrected chi connectivity index (χ1v) is 7.10. The molecule has 2 rings (SSSR count). The zero-order valence-corrected chi connectivity index (χ0v) is 12.4. The van der Waals surface area contributed by atoms with Crippen molar-refractivity contribution in [3.8, 4) is 11.5 Å². The molecule has 0 spiro atoms. The predicted octanol–water partition coefficient (Wildman–Crippen LogP) is 3.92. The molecular formula is C15H17BrN2O. The van der Waals surface area contributed by atoms with Crippen LogP contribution in [0.15, 0.2) is 47.2 Å². The van der Waals surface area contributed by atoms with E-state index in [2.05, 4.69) is 27.8 Å². The fourth-order valence-corrected chi connectivity index (χ4v) is 2.10. The minimum Gasteiger partial charge on any atom is -0.455 e. The molecule has 0 aliphatic carbocycles. The molecule has 19 heavy (non-hydrogen) atoms. The Kier molecular flexibility index (Phi) is 4.93. The summed E-state index contributed by atoms with van der Waals surface area (Å²) in [5, 5.41) is 0. The van der Waals surface area contributed by atoms with E-state index in [1.807, 2.05) is 36.5 Å². The molecule has 0 radical (unpaired) electrons. The molecule has 1 atom stereocenters. The number of hydrogen-bond acceptors (Lipinski definition) is 3. The minimum absolute atomic E-state index is 0.167. The highest BCUT2D eigenvalue weighted by Crippen LogP contribution is 2.29. The summed E-state index contributed by atoms with van der Waals surface area (Å²) >= 11 is 3.46. The van der Waals surface area contributed by atoms with Gasteiger partial charge >= 0.3 is 0 Å². The average molecular weight is 321 g/mol. The maximum Gasteiger partial charge on any atom is 0.146 e. The van der Waals surface area contributed by atoms with Gasteiger partial charge in [-0.15, -0.1) is 0 Å². The van der Waals surface area contributed by atoms with E-state index in [1.165, 1.54) is 0 Å². The molecule has 100 valence electrons. The lowest BCUT2D eigenvalue weighted by molar-refractivity contribution is 0.476. The van der Waals surface area contributed by atoms with Gasteiger partial charge in [0.25, 0.3) is 0 Å². The number of para-hydroxylation sites is 1. The lowest BCUT2D eigenvalue weighted by Crippen LogP contribution is -2.21. The molecule has 1 unspecified atom stereocenters. The Bertz CT molecular complexity index is 545. The number of ether oxygens (including phenoxy) is 1. The van der Waals surface area contributed by atoms with Crippen LogP contribution in [0.25, 0.3) is 0 Å². The molecule has 1 heterocycles. The third kappa shape index (κ3) is 4.04. The topological polar surface area (TPSA) is 48.1 Å². The summed E-state index contributed by atoms with van der Waals surface area (Å²) in [6.45, 7) is 2.08. The van der Waals surface area contributed by atoms with Gasteiger partial charge in [0.1, 0.15) is 11.5 Å². The molecule has 2 aromatic rings. The Balaban J connectivity index is 2.13. The average Bonchev–Trinajstić information content (AvgIpc) is 2.42. The molecule has 0 amide bonds. The summed E-state index contributed by atoms with van der Waals surface area (Å²) in [5.74, 6) is 1.51. The fraction of sp³-hybridized carbons (Fsp3) is 0.267. The number of nitrogens with two attached hydrogens (primary N) is 1. The van der Waals surface area contributed by atoms with Crippen LogP contribution < -0.4 is 10.5 Å². The summed E-state index contributed by atoms with van der Waals surface area (Å²) in [7, 11) is 0. The van der Waals surface area contributed by atoms with Crippen molar-refractivity contribution in [2.45, 2.75) is 25.8 Å². The van der Waals surface area contributed by atoms with Crippen LogP contribution in [0.3, 0.4) is 0 Å². The van der Waals surface area contributed by atoms with Gasteiger partial charge in [0.2, 0.25) is 0 Å². The van der Waals surface area contributed by atoms with Crippen molar-refractivity contribution in [2.24, 2.45) is 5.73 Å². The van der Waals surface area contributed by atoms with E-state index in [-0.39, 0.29) is 6.04 Å². The third-order valence-corrected chi connectivity index (χ3v) is 3.51. The van der Waals surface area contributed by atoms with E-state index in [0.717, 1.165) is 34.4 Å². The van der Waals surface area contributed by atoms with E-state index in [0.29, 0.717) is 0 Å². The van der Waals surface area contributed by atoms with Crippen molar-refractivity contribution in [2.75, 3.05) is 0 Å². The van der Waals surface area contributed by atoms with Crippen LogP contribution >= 0.6 is 15.9 Å². The first kappa shape index (κ1) is 14.0. The van der Waals surface area contributed by atoms with Crippen LogP contribution in [0, 0.1) is 0 Å². The number of aromatic nitrogens is 1. The van der Waals surface area contributed by atoms with Gasteiger partial charge in [0.05, 0.1) is 10.7 Å². The zero-order valence-electron chi connectivity index (χ0n) is 10.8. The summed E-state index contributed by atoms with van der Waals surface area (Å²) in [4.78, 5) is 4.20. The van der Waals surface area contributed by atoms with E-state index < -0.39 is 0 Å². The quantitative estimate of drug-likeness (QED) is 0.908. The third-order valence-electron chi connectivity index (χ3n) is 2.86. The molecule has 1 aromatic heterocycles. The van der Waals surface area contributed by atoms with Crippen molar-refractivity contribution in [3.63, 3.8) is 0 Å². The number of hydrogen-bond donors (Lipinski definition) is 1. The first-order chi connectivity index (χ1) is 9.19. The highest BCUT2D eigenvalue weighted by atomic mass is 79.9. The number of pyridine rings is 1. The van der Waals surface area contributed by atoms with E-state index in [4.69, 9.17) is 10.5 Å². The fourth-order valence-electron chi connectivity index (χ4n) is 1.73. The van der Waals surface area contributed by atoms with Crippen LogP contribution in [0.2, 0.25) is 0 Å². The zero-order chi connectivity index (χ0) is 13.7. The molecule has 0 aliphatic rings. The van der Waals surface area contributed by atoms with Gasteiger partial charge in [-0.3, -0.25) is 4.98 Å². The highest BCUT2D eigenvalue weighted by Gasteiger charge is 2.05. The van der Waals surface area contributed by atoms with Gasteiger partial charge in [-0.25, -0.2) is 0 Å².